The van der Waals surface area contributed by atoms with Crippen molar-refractivity contribution in [3.8, 4) is 5.75 Å². The van der Waals surface area contributed by atoms with E-state index in [0.717, 1.165) is 0 Å². The molecule has 4 nitrogen and oxygen atoms in total. The number of halogens is 2. The van der Waals surface area contributed by atoms with E-state index in [1.54, 1.807) is 25.1 Å². The lowest BCUT2D eigenvalue weighted by molar-refractivity contribution is -0.127. The number of carbonyl (C=O) groups is 1. The Morgan fingerprint density at radius 2 is 2.11 bits per heavy atom. The fourth-order valence-electron chi connectivity index (χ4n) is 1.27. The monoisotopic (exact) mass is 290 g/mol. The van der Waals surface area contributed by atoms with Crippen LogP contribution in [0.2, 0.25) is 10.0 Å². The zero-order valence-corrected chi connectivity index (χ0v) is 11.8. The van der Waals surface area contributed by atoms with Gasteiger partial charge in [-0.05, 0) is 32.2 Å². The van der Waals surface area contributed by atoms with Crippen LogP contribution < -0.4 is 15.4 Å². The lowest BCUT2D eigenvalue weighted by Gasteiger charge is -2.15. The Morgan fingerprint density at radius 3 is 2.72 bits per heavy atom. The molecule has 1 unspecified atom stereocenters. The van der Waals surface area contributed by atoms with Crippen LogP contribution in [-0.4, -0.2) is 32.1 Å². The first kappa shape index (κ1) is 15.1. The maximum Gasteiger partial charge on any atom is 0.260 e. The topological polar surface area (TPSA) is 50.4 Å². The molecule has 100 valence electrons. The van der Waals surface area contributed by atoms with Crippen LogP contribution in [0.3, 0.4) is 0 Å². The number of likely N-dealkylation sites (N-methyl/N-ethyl adjacent to an activating group) is 1. The Morgan fingerprint density at radius 1 is 1.39 bits per heavy atom. The Balaban J connectivity index is 2.53. The van der Waals surface area contributed by atoms with E-state index in [-0.39, 0.29) is 5.91 Å². The zero-order valence-electron chi connectivity index (χ0n) is 10.3. The summed E-state index contributed by atoms with van der Waals surface area (Å²) in [5.74, 6) is 0.258. The third kappa shape index (κ3) is 4.72. The first-order chi connectivity index (χ1) is 8.54. The third-order valence-corrected chi connectivity index (χ3v) is 2.77. The van der Waals surface area contributed by atoms with Crippen LogP contribution in [0.1, 0.15) is 6.92 Å². The van der Waals surface area contributed by atoms with Crippen molar-refractivity contribution in [1.29, 1.82) is 0 Å². The van der Waals surface area contributed by atoms with Crippen molar-refractivity contribution in [2.24, 2.45) is 0 Å². The maximum atomic E-state index is 11.7. The highest BCUT2D eigenvalue weighted by Crippen LogP contribution is 2.28. The first-order valence-electron chi connectivity index (χ1n) is 5.58. The molecule has 0 radical (unpaired) electrons. The van der Waals surface area contributed by atoms with Crippen LogP contribution >= 0.6 is 23.2 Å². The van der Waals surface area contributed by atoms with E-state index in [1.165, 1.54) is 0 Å². The van der Waals surface area contributed by atoms with E-state index in [9.17, 15) is 4.79 Å². The molecule has 1 amide bonds. The Kier molecular flexibility index (Phi) is 6.25. The summed E-state index contributed by atoms with van der Waals surface area (Å²) < 4.78 is 5.47. The lowest BCUT2D eigenvalue weighted by Crippen LogP contribution is -2.39. The molecule has 0 saturated heterocycles. The highest BCUT2D eigenvalue weighted by atomic mass is 35.5. The summed E-state index contributed by atoms with van der Waals surface area (Å²) in [6.07, 6.45) is -0.611. The summed E-state index contributed by atoms with van der Waals surface area (Å²) in [5.41, 5.74) is 0. The smallest absolute Gasteiger partial charge is 0.260 e. The van der Waals surface area contributed by atoms with Crippen molar-refractivity contribution in [2.75, 3.05) is 20.1 Å². The summed E-state index contributed by atoms with van der Waals surface area (Å²) in [6, 6.07) is 4.88. The Hall–Kier alpha value is -0.970. The number of rotatable bonds is 6. The Bertz CT molecular complexity index is 413. The molecule has 0 aliphatic heterocycles. The summed E-state index contributed by atoms with van der Waals surface area (Å²) in [7, 11) is 1.82. The number of carbonyl (C=O) groups excluding carboxylic acids is 1. The predicted octanol–water partition coefficient (Wildman–Crippen LogP) is 2.10. The van der Waals surface area contributed by atoms with Gasteiger partial charge in [-0.2, -0.15) is 0 Å². The van der Waals surface area contributed by atoms with Gasteiger partial charge in [0.1, 0.15) is 5.75 Å². The van der Waals surface area contributed by atoms with Crippen LogP contribution in [0.25, 0.3) is 0 Å². The zero-order chi connectivity index (χ0) is 13.5. The van der Waals surface area contributed by atoms with Crippen LogP contribution in [0.5, 0.6) is 5.75 Å². The summed E-state index contributed by atoms with van der Waals surface area (Å²) in [4.78, 5) is 11.7. The van der Waals surface area contributed by atoms with Gasteiger partial charge in [0, 0.05) is 18.1 Å². The van der Waals surface area contributed by atoms with Gasteiger partial charge in [-0.15, -0.1) is 0 Å². The van der Waals surface area contributed by atoms with Crippen molar-refractivity contribution in [3.05, 3.63) is 28.2 Å². The van der Waals surface area contributed by atoms with Crippen LogP contribution in [0, 0.1) is 0 Å². The van der Waals surface area contributed by atoms with Gasteiger partial charge >= 0.3 is 0 Å². The number of benzene rings is 1. The number of hydrogen-bond acceptors (Lipinski definition) is 3. The van der Waals surface area contributed by atoms with Crippen molar-refractivity contribution in [2.45, 2.75) is 13.0 Å². The molecule has 0 fully saturated rings. The molecule has 1 aromatic rings. The molecule has 0 spiro atoms. The van der Waals surface area contributed by atoms with Gasteiger partial charge in [-0.3, -0.25) is 4.79 Å². The minimum Gasteiger partial charge on any atom is -0.479 e. The van der Waals surface area contributed by atoms with E-state index in [2.05, 4.69) is 10.6 Å². The van der Waals surface area contributed by atoms with E-state index >= 15 is 0 Å². The normalized spacial score (nSPS) is 12.0. The SMILES string of the molecule is CNCCNC(=O)C(C)Oc1ccc(Cl)cc1Cl. The van der Waals surface area contributed by atoms with Gasteiger partial charge in [0.05, 0.1) is 5.02 Å². The summed E-state index contributed by atoms with van der Waals surface area (Å²) in [6.45, 7) is 2.93. The maximum absolute atomic E-state index is 11.7. The second-order valence-electron chi connectivity index (χ2n) is 3.73. The van der Waals surface area contributed by atoms with Gasteiger partial charge in [0.2, 0.25) is 0 Å². The van der Waals surface area contributed by atoms with E-state index in [1.807, 2.05) is 7.05 Å². The molecular weight excluding hydrogens is 275 g/mol. The molecule has 0 bridgehead atoms. The molecule has 18 heavy (non-hydrogen) atoms. The summed E-state index contributed by atoms with van der Waals surface area (Å²) >= 11 is 11.7. The molecule has 1 aromatic carbocycles. The third-order valence-electron chi connectivity index (χ3n) is 2.24. The van der Waals surface area contributed by atoms with Crippen molar-refractivity contribution >= 4 is 29.1 Å². The van der Waals surface area contributed by atoms with Crippen molar-refractivity contribution in [1.82, 2.24) is 10.6 Å². The van der Waals surface area contributed by atoms with Crippen molar-refractivity contribution < 1.29 is 9.53 Å². The van der Waals surface area contributed by atoms with E-state index in [4.69, 9.17) is 27.9 Å². The fraction of sp³-hybridized carbons (Fsp3) is 0.417. The minimum atomic E-state index is -0.611. The molecule has 0 heterocycles. The molecule has 0 aliphatic rings. The molecule has 0 aromatic heterocycles. The molecule has 0 aliphatic carbocycles. The number of hydrogen-bond donors (Lipinski definition) is 2. The fourth-order valence-corrected chi connectivity index (χ4v) is 1.72. The second-order valence-corrected chi connectivity index (χ2v) is 4.57. The summed E-state index contributed by atoms with van der Waals surface area (Å²) in [5, 5.41) is 6.59. The second kappa shape index (κ2) is 7.46. The lowest BCUT2D eigenvalue weighted by atomic mass is 10.3. The number of nitrogens with one attached hydrogen (secondary N) is 2. The van der Waals surface area contributed by atoms with Crippen molar-refractivity contribution in [3.63, 3.8) is 0 Å². The van der Waals surface area contributed by atoms with Crippen LogP contribution in [0.15, 0.2) is 18.2 Å². The van der Waals surface area contributed by atoms with Gasteiger partial charge in [0.15, 0.2) is 6.10 Å². The largest absolute Gasteiger partial charge is 0.479 e. The molecular formula is C12H16Cl2N2O2. The van der Waals surface area contributed by atoms with Gasteiger partial charge < -0.3 is 15.4 Å². The predicted molar refractivity (Wildman–Crippen MR) is 73.5 cm³/mol. The van der Waals surface area contributed by atoms with Gasteiger partial charge in [-0.25, -0.2) is 0 Å². The minimum absolute atomic E-state index is 0.184. The van der Waals surface area contributed by atoms with E-state index < -0.39 is 6.10 Å². The Labute approximate surface area is 117 Å². The molecule has 1 rings (SSSR count). The van der Waals surface area contributed by atoms with Crippen LogP contribution in [0.4, 0.5) is 0 Å². The number of ether oxygens (including phenoxy) is 1. The van der Waals surface area contributed by atoms with Crippen LogP contribution in [-0.2, 0) is 4.79 Å². The highest BCUT2D eigenvalue weighted by molar-refractivity contribution is 6.35. The quantitative estimate of drug-likeness (QED) is 0.789. The van der Waals surface area contributed by atoms with E-state index in [0.29, 0.717) is 28.9 Å². The van der Waals surface area contributed by atoms with Gasteiger partial charge in [-0.1, -0.05) is 23.2 Å². The average Bonchev–Trinajstić information content (AvgIpc) is 2.32. The number of amides is 1. The molecule has 1 atom stereocenters. The molecule has 0 saturated carbocycles. The average molecular weight is 291 g/mol. The first-order valence-corrected chi connectivity index (χ1v) is 6.34. The molecule has 6 heteroatoms. The highest BCUT2D eigenvalue weighted by Gasteiger charge is 2.15. The van der Waals surface area contributed by atoms with Gasteiger partial charge in [0.25, 0.3) is 5.91 Å². The molecule has 2 N–H and O–H groups in total. The standard InChI is InChI=1S/C12H16Cl2N2O2/c1-8(12(17)16-6-5-15-2)18-11-4-3-9(13)7-10(11)14/h3-4,7-8,15H,5-6H2,1-2H3,(H,16,17).